The fourth-order valence-corrected chi connectivity index (χ4v) is 2.57. The van der Waals surface area contributed by atoms with Gasteiger partial charge in [-0.05, 0) is 32.1 Å². The standard InChI is InChI=1S/C15H18N4/c1-18-9-4-10-19(12-14(18)7-8-16)15-6-3-2-5-13(15)11-17/h2-3,5-6,14H,4,7,9-10,12H2,1H3. The van der Waals surface area contributed by atoms with Crippen LogP contribution in [0.3, 0.4) is 0 Å². The number of likely N-dealkylation sites (N-methyl/N-ethyl adjacent to an activating group) is 1. The molecular weight excluding hydrogens is 236 g/mol. The summed E-state index contributed by atoms with van der Waals surface area (Å²) in [6, 6.07) is 12.4. The van der Waals surface area contributed by atoms with E-state index in [4.69, 9.17) is 5.26 Å². The second-order valence-corrected chi connectivity index (χ2v) is 4.93. The third-order valence-electron chi connectivity index (χ3n) is 3.69. The molecule has 2 rings (SSSR count). The molecule has 0 spiro atoms. The first-order chi connectivity index (χ1) is 9.26. The zero-order valence-electron chi connectivity index (χ0n) is 11.2. The first-order valence-corrected chi connectivity index (χ1v) is 6.57. The van der Waals surface area contributed by atoms with Gasteiger partial charge in [0.1, 0.15) is 6.07 Å². The lowest BCUT2D eigenvalue weighted by atomic mass is 10.1. The molecule has 0 amide bonds. The highest BCUT2D eigenvalue weighted by molar-refractivity contribution is 5.59. The lowest BCUT2D eigenvalue weighted by molar-refractivity contribution is 0.264. The van der Waals surface area contributed by atoms with E-state index in [0.717, 1.165) is 31.7 Å². The molecule has 1 aromatic carbocycles. The smallest absolute Gasteiger partial charge is 0.101 e. The van der Waals surface area contributed by atoms with Crippen molar-refractivity contribution in [1.82, 2.24) is 4.90 Å². The van der Waals surface area contributed by atoms with Crippen molar-refractivity contribution in [3.63, 3.8) is 0 Å². The SMILES string of the molecule is CN1CCCN(c2ccccc2C#N)CC1CC#N. The van der Waals surface area contributed by atoms with Crippen LogP contribution >= 0.6 is 0 Å². The van der Waals surface area contributed by atoms with Crippen molar-refractivity contribution in [2.75, 3.05) is 31.6 Å². The molecule has 19 heavy (non-hydrogen) atoms. The second-order valence-electron chi connectivity index (χ2n) is 4.93. The Morgan fingerprint density at radius 3 is 2.79 bits per heavy atom. The Hall–Kier alpha value is -2.04. The largest absolute Gasteiger partial charge is 0.369 e. The quantitative estimate of drug-likeness (QED) is 0.810. The average molecular weight is 254 g/mol. The van der Waals surface area contributed by atoms with Crippen molar-refractivity contribution in [1.29, 1.82) is 10.5 Å². The Balaban J connectivity index is 2.24. The van der Waals surface area contributed by atoms with Gasteiger partial charge in [0.15, 0.2) is 0 Å². The van der Waals surface area contributed by atoms with Crippen LogP contribution in [0.4, 0.5) is 5.69 Å². The van der Waals surface area contributed by atoms with E-state index in [1.54, 1.807) is 0 Å². The highest BCUT2D eigenvalue weighted by Gasteiger charge is 2.23. The van der Waals surface area contributed by atoms with Crippen LogP contribution < -0.4 is 4.90 Å². The Kier molecular flexibility index (Phi) is 4.39. The molecule has 4 heteroatoms. The highest BCUT2D eigenvalue weighted by atomic mass is 15.2. The van der Waals surface area contributed by atoms with Crippen molar-refractivity contribution < 1.29 is 0 Å². The number of nitriles is 2. The number of rotatable bonds is 2. The van der Waals surface area contributed by atoms with Gasteiger partial charge in [0.05, 0.1) is 23.7 Å². The van der Waals surface area contributed by atoms with Gasteiger partial charge in [0, 0.05) is 19.1 Å². The molecule has 1 unspecified atom stereocenters. The Morgan fingerprint density at radius 1 is 1.26 bits per heavy atom. The molecule has 0 aromatic heterocycles. The summed E-state index contributed by atoms with van der Waals surface area (Å²) in [5, 5.41) is 18.1. The summed E-state index contributed by atoms with van der Waals surface area (Å²) in [6.07, 6.45) is 1.58. The predicted octanol–water partition coefficient (Wildman–Crippen LogP) is 1.98. The minimum absolute atomic E-state index is 0.235. The number of anilines is 1. The van der Waals surface area contributed by atoms with Gasteiger partial charge in [-0.2, -0.15) is 10.5 Å². The normalized spacial score (nSPS) is 20.4. The summed E-state index contributed by atoms with van der Waals surface area (Å²) in [5.41, 5.74) is 1.70. The molecule has 98 valence electrons. The maximum atomic E-state index is 9.20. The maximum absolute atomic E-state index is 9.20. The molecule has 1 aliphatic heterocycles. The zero-order valence-corrected chi connectivity index (χ0v) is 11.2. The molecule has 0 N–H and O–H groups in total. The van der Waals surface area contributed by atoms with Crippen LogP contribution in [0.2, 0.25) is 0 Å². The maximum Gasteiger partial charge on any atom is 0.101 e. The van der Waals surface area contributed by atoms with Crippen molar-refractivity contribution in [2.24, 2.45) is 0 Å². The van der Waals surface area contributed by atoms with Crippen molar-refractivity contribution >= 4 is 5.69 Å². The Bertz CT molecular complexity index is 512. The van der Waals surface area contributed by atoms with E-state index in [9.17, 15) is 5.26 Å². The van der Waals surface area contributed by atoms with Crippen LogP contribution in [0.5, 0.6) is 0 Å². The first kappa shape index (κ1) is 13.4. The van der Waals surface area contributed by atoms with Gasteiger partial charge in [0.2, 0.25) is 0 Å². The average Bonchev–Trinajstić information content (AvgIpc) is 2.62. The molecule has 1 atom stereocenters. The predicted molar refractivity (Wildman–Crippen MR) is 74.6 cm³/mol. The van der Waals surface area contributed by atoms with Gasteiger partial charge >= 0.3 is 0 Å². The summed E-state index contributed by atoms with van der Waals surface area (Å²) in [7, 11) is 2.07. The van der Waals surface area contributed by atoms with Gasteiger partial charge in [-0.3, -0.25) is 0 Å². The Labute approximate surface area is 114 Å². The number of hydrogen-bond donors (Lipinski definition) is 0. The van der Waals surface area contributed by atoms with E-state index in [-0.39, 0.29) is 6.04 Å². The molecule has 1 aliphatic rings. The summed E-state index contributed by atoms with van der Waals surface area (Å²) in [5.74, 6) is 0. The number of hydrogen-bond acceptors (Lipinski definition) is 4. The summed E-state index contributed by atoms with van der Waals surface area (Å²) in [6.45, 7) is 2.74. The van der Waals surface area contributed by atoms with Crippen LogP contribution in [0.15, 0.2) is 24.3 Å². The summed E-state index contributed by atoms with van der Waals surface area (Å²) >= 11 is 0. The third kappa shape index (κ3) is 3.05. The zero-order chi connectivity index (χ0) is 13.7. The van der Waals surface area contributed by atoms with Crippen LogP contribution in [0.25, 0.3) is 0 Å². The van der Waals surface area contributed by atoms with E-state index < -0.39 is 0 Å². The Morgan fingerprint density at radius 2 is 2.05 bits per heavy atom. The number of para-hydroxylation sites is 1. The van der Waals surface area contributed by atoms with Crippen molar-refractivity contribution in [2.45, 2.75) is 18.9 Å². The number of benzene rings is 1. The second kappa shape index (κ2) is 6.22. The van der Waals surface area contributed by atoms with Crippen LogP contribution in [0.1, 0.15) is 18.4 Å². The molecule has 0 saturated carbocycles. The van der Waals surface area contributed by atoms with Gasteiger partial charge in [-0.25, -0.2) is 0 Å². The molecule has 0 bridgehead atoms. The van der Waals surface area contributed by atoms with E-state index in [1.165, 1.54) is 0 Å². The van der Waals surface area contributed by atoms with Crippen LogP contribution in [-0.4, -0.2) is 37.6 Å². The summed E-state index contributed by atoms with van der Waals surface area (Å²) in [4.78, 5) is 4.49. The van der Waals surface area contributed by atoms with E-state index >= 15 is 0 Å². The molecular formula is C15H18N4. The van der Waals surface area contributed by atoms with Gasteiger partial charge in [-0.1, -0.05) is 12.1 Å². The summed E-state index contributed by atoms with van der Waals surface area (Å²) < 4.78 is 0. The fourth-order valence-electron chi connectivity index (χ4n) is 2.57. The lowest BCUT2D eigenvalue weighted by Gasteiger charge is -2.29. The monoisotopic (exact) mass is 254 g/mol. The van der Waals surface area contributed by atoms with E-state index in [1.807, 2.05) is 24.3 Å². The molecule has 0 radical (unpaired) electrons. The van der Waals surface area contributed by atoms with Crippen LogP contribution in [-0.2, 0) is 0 Å². The third-order valence-corrected chi connectivity index (χ3v) is 3.69. The van der Waals surface area contributed by atoms with Crippen molar-refractivity contribution in [3.05, 3.63) is 29.8 Å². The molecule has 1 heterocycles. The van der Waals surface area contributed by atoms with E-state index in [2.05, 4.69) is 29.0 Å². The van der Waals surface area contributed by atoms with Gasteiger partial charge in [0.25, 0.3) is 0 Å². The molecule has 0 aliphatic carbocycles. The molecule has 1 fully saturated rings. The highest BCUT2D eigenvalue weighted by Crippen LogP contribution is 2.23. The minimum Gasteiger partial charge on any atom is -0.369 e. The first-order valence-electron chi connectivity index (χ1n) is 6.57. The molecule has 1 saturated heterocycles. The molecule has 1 aromatic rings. The van der Waals surface area contributed by atoms with Gasteiger partial charge < -0.3 is 9.80 Å². The van der Waals surface area contributed by atoms with Crippen molar-refractivity contribution in [3.8, 4) is 12.1 Å². The lowest BCUT2D eigenvalue weighted by Crippen LogP contribution is -2.38. The molecule has 4 nitrogen and oxygen atoms in total. The topological polar surface area (TPSA) is 54.1 Å². The fraction of sp³-hybridized carbons (Fsp3) is 0.467. The van der Waals surface area contributed by atoms with E-state index in [0.29, 0.717) is 12.0 Å². The van der Waals surface area contributed by atoms with Gasteiger partial charge in [-0.15, -0.1) is 0 Å². The number of nitrogens with zero attached hydrogens (tertiary/aromatic N) is 4. The minimum atomic E-state index is 0.235. The van der Waals surface area contributed by atoms with Crippen LogP contribution in [0, 0.1) is 22.7 Å².